The number of carbonyl (C=O) groups excluding carboxylic acids is 1. The molecule has 0 spiro atoms. The van der Waals surface area contributed by atoms with Gasteiger partial charge in [-0.05, 0) is 30.5 Å². The minimum Gasteiger partial charge on any atom is -0.394 e. The Labute approximate surface area is 119 Å². The van der Waals surface area contributed by atoms with E-state index in [1.807, 2.05) is 24.3 Å². The fraction of sp³-hybridized carbons (Fsp3) is 0.533. The van der Waals surface area contributed by atoms with E-state index in [0.29, 0.717) is 13.1 Å². The van der Waals surface area contributed by atoms with E-state index in [9.17, 15) is 9.90 Å². The molecule has 110 valence electrons. The van der Waals surface area contributed by atoms with E-state index >= 15 is 0 Å². The molecule has 1 unspecified atom stereocenters. The fourth-order valence-corrected chi connectivity index (χ4v) is 2.61. The van der Waals surface area contributed by atoms with Crippen molar-refractivity contribution in [2.24, 2.45) is 5.73 Å². The molecule has 0 bridgehead atoms. The molecule has 1 fully saturated rings. The van der Waals surface area contributed by atoms with Crippen molar-refractivity contribution >= 4 is 11.7 Å². The lowest BCUT2D eigenvalue weighted by Gasteiger charge is -2.28. The molecule has 1 heterocycles. The summed E-state index contributed by atoms with van der Waals surface area (Å²) in [5.41, 5.74) is 7.33. The average Bonchev–Trinajstić information content (AvgIpc) is 2.72. The normalized spacial score (nSPS) is 19.5. The third-order valence-corrected chi connectivity index (χ3v) is 3.76. The minimum atomic E-state index is -0.139. The van der Waals surface area contributed by atoms with Crippen molar-refractivity contribution in [2.75, 3.05) is 18.5 Å². The number of amides is 2. The number of urea groups is 1. The summed E-state index contributed by atoms with van der Waals surface area (Å²) in [7, 11) is 0. The zero-order valence-corrected chi connectivity index (χ0v) is 11.7. The molecule has 2 amide bonds. The monoisotopic (exact) mass is 277 g/mol. The first-order chi connectivity index (χ1) is 9.74. The van der Waals surface area contributed by atoms with Crippen molar-refractivity contribution in [3.63, 3.8) is 0 Å². The second-order valence-electron chi connectivity index (χ2n) is 5.21. The van der Waals surface area contributed by atoms with Gasteiger partial charge in [0, 0.05) is 18.8 Å². The highest BCUT2D eigenvalue weighted by Gasteiger charge is 2.24. The molecule has 1 aliphatic heterocycles. The SMILES string of the molecule is NCc1cccc(NC(=O)N2CCCCCC2CO)c1. The molecule has 4 N–H and O–H groups in total. The smallest absolute Gasteiger partial charge is 0.322 e. The van der Waals surface area contributed by atoms with Crippen molar-refractivity contribution in [1.82, 2.24) is 4.90 Å². The molecule has 1 atom stereocenters. The minimum absolute atomic E-state index is 0.0241. The Balaban J connectivity index is 2.05. The summed E-state index contributed by atoms with van der Waals surface area (Å²) in [4.78, 5) is 14.1. The van der Waals surface area contributed by atoms with Crippen molar-refractivity contribution in [2.45, 2.75) is 38.3 Å². The van der Waals surface area contributed by atoms with Crippen LogP contribution in [0.25, 0.3) is 0 Å². The number of aliphatic hydroxyl groups excluding tert-OH is 1. The first kappa shape index (κ1) is 14.8. The van der Waals surface area contributed by atoms with Gasteiger partial charge in [0.25, 0.3) is 0 Å². The number of nitrogens with two attached hydrogens (primary N) is 1. The molecular formula is C15H23N3O2. The van der Waals surface area contributed by atoms with Gasteiger partial charge in [-0.3, -0.25) is 0 Å². The predicted octanol–water partition coefficient (Wildman–Crippen LogP) is 1.91. The molecule has 20 heavy (non-hydrogen) atoms. The standard InChI is InChI=1S/C15H23N3O2/c16-10-12-5-4-6-13(9-12)17-15(20)18-8-3-1-2-7-14(18)11-19/h4-6,9,14,19H,1-3,7-8,10-11,16H2,(H,17,20). The predicted molar refractivity (Wildman–Crippen MR) is 79.4 cm³/mol. The topological polar surface area (TPSA) is 78.6 Å². The van der Waals surface area contributed by atoms with E-state index in [2.05, 4.69) is 5.32 Å². The number of aliphatic hydroxyl groups is 1. The van der Waals surface area contributed by atoms with E-state index < -0.39 is 0 Å². The van der Waals surface area contributed by atoms with E-state index in [-0.39, 0.29) is 18.7 Å². The summed E-state index contributed by atoms with van der Waals surface area (Å²) in [6.07, 6.45) is 4.04. The fourth-order valence-electron chi connectivity index (χ4n) is 2.61. The van der Waals surface area contributed by atoms with E-state index in [1.54, 1.807) is 4.90 Å². The number of carbonyl (C=O) groups is 1. The molecule has 0 radical (unpaired) electrons. The van der Waals surface area contributed by atoms with E-state index in [1.165, 1.54) is 0 Å². The summed E-state index contributed by atoms with van der Waals surface area (Å²) in [5, 5.41) is 12.3. The van der Waals surface area contributed by atoms with Gasteiger partial charge in [-0.2, -0.15) is 0 Å². The summed E-state index contributed by atoms with van der Waals surface area (Å²) in [6.45, 7) is 1.18. The van der Waals surface area contributed by atoms with Gasteiger partial charge >= 0.3 is 6.03 Å². The Morgan fingerprint density at radius 1 is 1.40 bits per heavy atom. The van der Waals surface area contributed by atoms with Gasteiger partial charge in [0.15, 0.2) is 0 Å². The highest BCUT2D eigenvalue weighted by atomic mass is 16.3. The highest BCUT2D eigenvalue weighted by molar-refractivity contribution is 5.89. The number of nitrogens with zero attached hydrogens (tertiary/aromatic N) is 1. The lowest BCUT2D eigenvalue weighted by molar-refractivity contribution is 0.142. The lowest BCUT2D eigenvalue weighted by atomic mass is 10.1. The van der Waals surface area contributed by atoms with Crippen LogP contribution in [0.2, 0.25) is 0 Å². The van der Waals surface area contributed by atoms with Crippen molar-refractivity contribution in [3.05, 3.63) is 29.8 Å². The third kappa shape index (κ3) is 3.71. The van der Waals surface area contributed by atoms with Gasteiger partial charge in [0.05, 0.1) is 12.6 Å². The van der Waals surface area contributed by atoms with Gasteiger partial charge < -0.3 is 21.1 Å². The van der Waals surface area contributed by atoms with Crippen LogP contribution in [0.1, 0.15) is 31.2 Å². The Kier molecular flexibility index (Phi) is 5.38. The van der Waals surface area contributed by atoms with Gasteiger partial charge in [0.1, 0.15) is 0 Å². The van der Waals surface area contributed by atoms with Crippen molar-refractivity contribution in [1.29, 1.82) is 0 Å². The molecule has 1 aromatic rings. The van der Waals surface area contributed by atoms with Crippen molar-refractivity contribution < 1.29 is 9.90 Å². The van der Waals surface area contributed by atoms with Gasteiger partial charge in [-0.1, -0.05) is 25.0 Å². The Hall–Kier alpha value is -1.59. The van der Waals surface area contributed by atoms with Crippen LogP contribution in [-0.2, 0) is 6.54 Å². The zero-order valence-electron chi connectivity index (χ0n) is 11.7. The summed E-state index contributed by atoms with van der Waals surface area (Å²) >= 11 is 0. The summed E-state index contributed by atoms with van der Waals surface area (Å²) < 4.78 is 0. The molecule has 5 nitrogen and oxygen atoms in total. The highest BCUT2D eigenvalue weighted by Crippen LogP contribution is 2.18. The van der Waals surface area contributed by atoms with Crippen LogP contribution >= 0.6 is 0 Å². The molecule has 0 aliphatic carbocycles. The van der Waals surface area contributed by atoms with Crippen LogP contribution < -0.4 is 11.1 Å². The maximum Gasteiger partial charge on any atom is 0.322 e. The molecule has 0 saturated carbocycles. The van der Waals surface area contributed by atoms with Gasteiger partial charge in [-0.25, -0.2) is 4.79 Å². The second-order valence-corrected chi connectivity index (χ2v) is 5.21. The molecule has 1 aliphatic rings. The number of nitrogens with one attached hydrogen (secondary N) is 1. The van der Waals surface area contributed by atoms with Crippen LogP contribution in [-0.4, -0.2) is 35.2 Å². The number of rotatable bonds is 3. The molecule has 5 heteroatoms. The van der Waals surface area contributed by atoms with E-state index in [4.69, 9.17) is 5.73 Å². The molecule has 0 aromatic heterocycles. The maximum absolute atomic E-state index is 12.4. The van der Waals surface area contributed by atoms with Crippen LogP contribution in [0.5, 0.6) is 0 Å². The first-order valence-corrected chi connectivity index (χ1v) is 7.22. The van der Waals surface area contributed by atoms with Crippen LogP contribution in [0.3, 0.4) is 0 Å². The number of hydrogen-bond donors (Lipinski definition) is 3. The Morgan fingerprint density at radius 2 is 2.25 bits per heavy atom. The summed E-state index contributed by atoms with van der Waals surface area (Å²) in [6, 6.07) is 7.32. The van der Waals surface area contributed by atoms with E-state index in [0.717, 1.165) is 36.9 Å². The molecular weight excluding hydrogens is 254 g/mol. The van der Waals surface area contributed by atoms with Gasteiger partial charge in [0.2, 0.25) is 0 Å². The Morgan fingerprint density at radius 3 is 3.00 bits per heavy atom. The Bertz CT molecular complexity index is 450. The van der Waals surface area contributed by atoms with Gasteiger partial charge in [-0.15, -0.1) is 0 Å². The lowest BCUT2D eigenvalue weighted by Crippen LogP contribution is -2.44. The molecule has 1 aromatic carbocycles. The first-order valence-electron chi connectivity index (χ1n) is 7.22. The number of hydrogen-bond acceptors (Lipinski definition) is 3. The van der Waals surface area contributed by atoms with Crippen LogP contribution in [0.4, 0.5) is 10.5 Å². The number of anilines is 1. The molecule has 2 rings (SSSR count). The number of likely N-dealkylation sites (tertiary alicyclic amines) is 1. The summed E-state index contributed by atoms with van der Waals surface area (Å²) in [5.74, 6) is 0. The van der Waals surface area contributed by atoms with Crippen molar-refractivity contribution in [3.8, 4) is 0 Å². The zero-order chi connectivity index (χ0) is 14.4. The number of benzene rings is 1. The maximum atomic E-state index is 12.4. The molecule has 1 saturated heterocycles. The second kappa shape index (κ2) is 7.26. The quantitative estimate of drug-likeness (QED) is 0.789. The third-order valence-electron chi connectivity index (χ3n) is 3.76. The van der Waals surface area contributed by atoms with Crippen LogP contribution in [0, 0.1) is 0 Å². The largest absolute Gasteiger partial charge is 0.394 e. The van der Waals surface area contributed by atoms with Crippen LogP contribution in [0.15, 0.2) is 24.3 Å². The average molecular weight is 277 g/mol.